The number of pyridine rings is 1. The molecule has 1 aromatic carbocycles. The van der Waals surface area contributed by atoms with Crippen molar-refractivity contribution in [3.8, 4) is 0 Å². The lowest BCUT2D eigenvalue weighted by molar-refractivity contribution is 0.281. The molecule has 0 amide bonds. The summed E-state index contributed by atoms with van der Waals surface area (Å²) in [4.78, 5) is 4.32. The van der Waals surface area contributed by atoms with Crippen molar-refractivity contribution in [3.63, 3.8) is 0 Å². The number of aliphatic hydroxyl groups is 1. The van der Waals surface area contributed by atoms with Gasteiger partial charge in [-0.2, -0.15) is 0 Å². The minimum atomic E-state index is -3.67. The summed E-state index contributed by atoms with van der Waals surface area (Å²) in [5, 5.41) is 9.15. The molecule has 112 valence electrons. The summed E-state index contributed by atoms with van der Waals surface area (Å²) in [6.07, 6.45) is 1.62. The van der Waals surface area contributed by atoms with Crippen LogP contribution >= 0.6 is 0 Å². The van der Waals surface area contributed by atoms with Crippen molar-refractivity contribution in [2.45, 2.75) is 31.4 Å². The number of nitrogens with zero attached hydrogens (tertiary/aromatic N) is 1. The number of nitrogens with one attached hydrogen (secondary N) is 1. The van der Waals surface area contributed by atoms with E-state index < -0.39 is 16.1 Å². The standard InChI is InChI=1S/C15H18N2O3S/c1-11-6-7-13(10-18)9-15(11)21(19,20)17-12(2)14-5-3-4-8-16-14/h3-9,12,17-18H,10H2,1-2H3. The van der Waals surface area contributed by atoms with Crippen LogP contribution in [0.25, 0.3) is 0 Å². The van der Waals surface area contributed by atoms with E-state index in [1.54, 1.807) is 44.3 Å². The lowest BCUT2D eigenvalue weighted by Gasteiger charge is -2.15. The zero-order valence-corrected chi connectivity index (χ0v) is 12.8. The zero-order chi connectivity index (χ0) is 15.5. The van der Waals surface area contributed by atoms with Crippen LogP contribution in [0.2, 0.25) is 0 Å². The Labute approximate surface area is 124 Å². The molecule has 0 saturated heterocycles. The maximum absolute atomic E-state index is 12.5. The first kappa shape index (κ1) is 15.6. The Hall–Kier alpha value is -1.76. The van der Waals surface area contributed by atoms with Crippen molar-refractivity contribution >= 4 is 10.0 Å². The fraction of sp³-hybridized carbons (Fsp3) is 0.267. The smallest absolute Gasteiger partial charge is 0.241 e. The van der Waals surface area contributed by atoms with Crippen molar-refractivity contribution < 1.29 is 13.5 Å². The molecule has 0 aliphatic rings. The van der Waals surface area contributed by atoms with Gasteiger partial charge in [0, 0.05) is 6.20 Å². The maximum Gasteiger partial charge on any atom is 0.241 e. The first-order valence-electron chi connectivity index (χ1n) is 6.57. The normalized spacial score (nSPS) is 13.1. The first-order valence-corrected chi connectivity index (χ1v) is 8.06. The summed E-state index contributed by atoms with van der Waals surface area (Å²) in [7, 11) is -3.67. The molecular weight excluding hydrogens is 288 g/mol. The van der Waals surface area contributed by atoms with Gasteiger partial charge in [0.15, 0.2) is 0 Å². The second-order valence-electron chi connectivity index (χ2n) is 4.86. The number of hydrogen-bond acceptors (Lipinski definition) is 4. The fourth-order valence-electron chi connectivity index (χ4n) is 2.02. The molecule has 0 aliphatic carbocycles. The highest BCUT2D eigenvalue weighted by Crippen LogP contribution is 2.20. The third kappa shape index (κ3) is 3.66. The van der Waals surface area contributed by atoms with E-state index in [4.69, 9.17) is 5.11 Å². The molecule has 0 bridgehead atoms. The summed E-state index contributed by atoms with van der Waals surface area (Å²) >= 11 is 0. The maximum atomic E-state index is 12.5. The summed E-state index contributed by atoms with van der Waals surface area (Å²) in [6, 6.07) is 9.80. The van der Waals surface area contributed by atoms with E-state index >= 15 is 0 Å². The molecule has 2 N–H and O–H groups in total. The Bertz CT molecular complexity index is 715. The molecule has 21 heavy (non-hydrogen) atoms. The molecule has 0 fully saturated rings. The van der Waals surface area contributed by atoms with E-state index in [0.29, 0.717) is 16.8 Å². The molecule has 0 saturated carbocycles. The quantitative estimate of drug-likeness (QED) is 0.884. The molecule has 6 heteroatoms. The minimum absolute atomic E-state index is 0.178. The van der Waals surface area contributed by atoms with Gasteiger partial charge in [-0.15, -0.1) is 0 Å². The molecule has 1 atom stereocenters. The molecule has 1 heterocycles. The highest BCUT2D eigenvalue weighted by atomic mass is 32.2. The lowest BCUT2D eigenvalue weighted by atomic mass is 10.2. The van der Waals surface area contributed by atoms with Crippen molar-refractivity contribution in [1.82, 2.24) is 9.71 Å². The van der Waals surface area contributed by atoms with Crippen LogP contribution in [0, 0.1) is 6.92 Å². The molecule has 5 nitrogen and oxygen atoms in total. The van der Waals surface area contributed by atoms with Gasteiger partial charge in [-0.25, -0.2) is 13.1 Å². The molecule has 1 aromatic heterocycles. The van der Waals surface area contributed by atoms with Gasteiger partial charge in [0.2, 0.25) is 10.0 Å². The van der Waals surface area contributed by atoms with Crippen molar-refractivity contribution in [2.75, 3.05) is 0 Å². The molecule has 0 radical (unpaired) electrons. The van der Waals surface area contributed by atoms with Crippen molar-refractivity contribution in [2.24, 2.45) is 0 Å². The molecular formula is C15H18N2O3S. The summed E-state index contributed by atoms with van der Waals surface area (Å²) in [5.41, 5.74) is 1.84. The van der Waals surface area contributed by atoms with Crippen LogP contribution in [0.1, 0.15) is 29.8 Å². The van der Waals surface area contributed by atoms with Crippen LogP contribution in [0.3, 0.4) is 0 Å². The second-order valence-corrected chi connectivity index (χ2v) is 6.54. The zero-order valence-electron chi connectivity index (χ0n) is 11.9. The van der Waals surface area contributed by atoms with Gasteiger partial charge in [-0.05, 0) is 43.2 Å². The first-order chi connectivity index (χ1) is 9.94. The average Bonchev–Trinajstić information content (AvgIpc) is 2.48. The predicted molar refractivity (Wildman–Crippen MR) is 80.1 cm³/mol. The van der Waals surface area contributed by atoms with Gasteiger partial charge >= 0.3 is 0 Å². The second kappa shape index (κ2) is 6.34. The van der Waals surface area contributed by atoms with Crippen LogP contribution in [0.4, 0.5) is 0 Å². The number of sulfonamides is 1. The number of hydrogen-bond donors (Lipinski definition) is 2. The van der Waals surface area contributed by atoms with Crippen LogP contribution < -0.4 is 4.72 Å². The molecule has 0 spiro atoms. The van der Waals surface area contributed by atoms with Crippen molar-refractivity contribution in [3.05, 3.63) is 59.4 Å². The summed E-state index contributed by atoms with van der Waals surface area (Å²) in [6.45, 7) is 3.27. The molecule has 2 aromatic rings. The van der Waals surface area contributed by atoms with Crippen LogP contribution in [0.5, 0.6) is 0 Å². The van der Waals surface area contributed by atoms with Gasteiger partial charge in [-0.1, -0.05) is 18.2 Å². The van der Waals surface area contributed by atoms with Gasteiger partial charge in [0.1, 0.15) is 0 Å². The molecule has 2 rings (SSSR count). The van der Waals surface area contributed by atoms with Crippen LogP contribution in [-0.2, 0) is 16.6 Å². The number of aryl methyl sites for hydroxylation is 1. The van der Waals surface area contributed by atoms with Crippen molar-refractivity contribution in [1.29, 1.82) is 0 Å². The summed E-state index contributed by atoms with van der Waals surface area (Å²) in [5.74, 6) is 0. The summed E-state index contributed by atoms with van der Waals surface area (Å²) < 4.78 is 27.6. The average molecular weight is 306 g/mol. The Balaban J connectivity index is 2.30. The monoisotopic (exact) mass is 306 g/mol. The number of benzene rings is 1. The van der Waals surface area contributed by atoms with Gasteiger partial charge in [-0.3, -0.25) is 4.98 Å². The topological polar surface area (TPSA) is 79.3 Å². The highest BCUT2D eigenvalue weighted by Gasteiger charge is 2.21. The van der Waals surface area contributed by atoms with E-state index in [1.165, 1.54) is 6.07 Å². The predicted octanol–water partition coefficient (Wildman–Crippen LogP) is 1.92. The molecule has 0 aliphatic heterocycles. The SMILES string of the molecule is Cc1ccc(CO)cc1S(=O)(=O)NC(C)c1ccccn1. The van der Waals surface area contributed by atoms with E-state index in [-0.39, 0.29) is 11.5 Å². The third-order valence-corrected chi connectivity index (χ3v) is 4.87. The van der Waals surface area contributed by atoms with E-state index in [0.717, 1.165) is 0 Å². The highest BCUT2D eigenvalue weighted by molar-refractivity contribution is 7.89. The Morgan fingerprint density at radius 2 is 2.05 bits per heavy atom. The minimum Gasteiger partial charge on any atom is -0.392 e. The van der Waals surface area contributed by atoms with Gasteiger partial charge < -0.3 is 5.11 Å². The van der Waals surface area contributed by atoms with E-state index in [2.05, 4.69) is 9.71 Å². The van der Waals surface area contributed by atoms with E-state index in [9.17, 15) is 8.42 Å². The van der Waals surface area contributed by atoms with Crippen LogP contribution in [-0.4, -0.2) is 18.5 Å². The van der Waals surface area contributed by atoms with E-state index in [1.807, 2.05) is 6.07 Å². The number of rotatable bonds is 5. The van der Waals surface area contributed by atoms with Gasteiger partial charge in [0.05, 0.1) is 23.2 Å². The fourth-order valence-corrected chi connectivity index (χ4v) is 3.53. The Kier molecular flexibility index (Phi) is 4.72. The van der Waals surface area contributed by atoms with Gasteiger partial charge in [0.25, 0.3) is 0 Å². The molecule has 1 unspecified atom stereocenters. The number of aromatic nitrogens is 1. The largest absolute Gasteiger partial charge is 0.392 e. The van der Waals surface area contributed by atoms with Crippen LogP contribution in [0.15, 0.2) is 47.5 Å². The number of aliphatic hydroxyl groups excluding tert-OH is 1. The Morgan fingerprint density at radius 3 is 2.67 bits per heavy atom. The third-order valence-electron chi connectivity index (χ3n) is 3.19. The lowest BCUT2D eigenvalue weighted by Crippen LogP contribution is -2.28. The Morgan fingerprint density at radius 1 is 1.29 bits per heavy atom.